The lowest BCUT2D eigenvalue weighted by atomic mass is 10.1. The lowest BCUT2D eigenvalue weighted by Crippen LogP contribution is -2.44. The Balaban J connectivity index is 0.00000450. The van der Waals surface area contributed by atoms with Gasteiger partial charge in [0.1, 0.15) is 5.60 Å². The predicted molar refractivity (Wildman–Crippen MR) is 132 cm³/mol. The van der Waals surface area contributed by atoms with Crippen LogP contribution in [-0.4, -0.2) is 58.0 Å². The Kier molecular flexibility index (Phi) is 10.4. The molecule has 2 rings (SSSR count). The molecule has 172 valence electrons. The van der Waals surface area contributed by atoms with Crippen molar-refractivity contribution in [3.63, 3.8) is 0 Å². The van der Waals surface area contributed by atoms with Gasteiger partial charge >= 0.3 is 6.09 Å². The highest BCUT2D eigenvalue weighted by molar-refractivity contribution is 14.0. The van der Waals surface area contributed by atoms with Gasteiger partial charge in [-0.05, 0) is 47.0 Å². The zero-order valence-electron chi connectivity index (χ0n) is 19.5. The van der Waals surface area contributed by atoms with E-state index in [4.69, 9.17) is 9.73 Å². The van der Waals surface area contributed by atoms with Crippen molar-refractivity contribution in [3.05, 3.63) is 17.0 Å². The standard InChI is InChI=1S/C21H38N6O2.HI/c1-8-17-16(18(9-2)26(7)25-17)13-23-19(22-10-3)27-12-11-15(14-27)24-20(28)29-21(4,5)6;/h15H,8-14H2,1-7H3,(H,22,23)(H,24,28);1H. The van der Waals surface area contributed by atoms with Crippen LogP contribution in [-0.2, 0) is 31.2 Å². The van der Waals surface area contributed by atoms with Crippen LogP contribution in [0.1, 0.15) is 64.9 Å². The topological polar surface area (TPSA) is 83.8 Å². The van der Waals surface area contributed by atoms with Gasteiger partial charge in [0.15, 0.2) is 5.96 Å². The third kappa shape index (κ3) is 7.31. The maximum atomic E-state index is 12.1. The zero-order chi connectivity index (χ0) is 21.6. The number of amides is 1. The summed E-state index contributed by atoms with van der Waals surface area (Å²) in [6.45, 7) is 15.0. The second kappa shape index (κ2) is 11.8. The number of nitrogens with one attached hydrogen (secondary N) is 2. The molecule has 1 aliphatic heterocycles. The van der Waals surface area contributed by atoms with E-state index in [0.29, 0.717) is 6.54 Å². The van der Waals surface area contributed by atoms with E-state index < -0.39 is 5.60 Å². The fourth-order valence-corrected chi connectivity index (χ4v) is 3.70. The van der Waals surface area contributed by atoms with E-state index in [0.717, 1.165) is 50.6 Å². The molecule has 1 aliphatic rings. The molecule has 0 radical (unpaired) electrons. The molecule has 2 N–H and O–H groups in total. The second-order valence-corrected chi connectivity index (χ2v) is 8.45. The highest BCUT2D eigenvalue weighted by Gasteiger charge is 2.28. The number of rotatable bonds is 6. The van der Waals surface area contributed by atoms with Crippen LogP contribution in [0, 0.1) is 0 Å². The van der Waals surface area contributed by atoms with Gasteiger partial charge in [-0.2, -0.15) is 5.10 Å². The molecule has 0 saturated carbocycles. The number of aryl methyl sites for hydroxylation is 2. The molecule has 0 bridgehead atoms. The van der Waals surface area contributed by atoms with Crippen LogP contribution in [0.3, 0.4) is 0 Å². The SMILES string of the molecule is CCNC(=NCc1c(CC)nn(C)c1CC)N1CCC(NC(=O)OC(C)(C)C)C1.I. The van der Waals surface area contributed by atoms with Crippen molar-refractivity contribution in [2.24, 2.45) is 12.0 Å². The van der Waals surface area contributed by atoms with Gasteiger partial charge in [0.25, 0.3) is 0 Å². The third-order valence-electron chi connectivity index (χ3n) is 4.96. The largest absolute Gasteiger partial charge is 0.444 e. The molecule has 1 amide bonds. The monoisotopic (exact) mass is 534 g/mol. The molecule has 8 nitrogen and oxygen atoms in total. The molecule has 1 unspecified atom stereocenters. The first kappa shape index (κ1) is 26.5. The summed E-state index contributed by atoms with van der Waals surface area (Å²) in [4.78, 5) is 19.2. The predicted octanol–water partition coefficient (Wildman–Crippen LogP) is 3.23. The van der Waals surface area contributed by atoms with E-state index in [1.807, 2.05) is 32.5 Å². The van der Waals surface area contributed by atoms with E-state index >= 15 is 0 Å². The third-order valence-corrected chi connectivity index (χ3v) is 4.96. The van der Waals surface area contributed by atoms with Gasteiger partial charge in [-0.25, -0.2) is 9.79 Å². The van der Waals surface area contributed by atoms with Crippen LogP contribution in [0.4, 0.5) is 4.79 Å². The molecule has 1 fully saturated rings. The van der Waals surface area contributed by atoms with Gasteiger partial charge in [-0.3, -0.25) is 4.68 Å². The fourth-order valence-electron chi connectivity index (χ4n) is 3.70. The first-order chi connectivity index (χ1) is 13.7. The van der Waals surface area contributed by atoms with Gasteiger partial charge < -0.3 is 20.3 Å². The van der Waals surface area contributed by atoms with Crippen LogP contribution in [0.2, 0.25) is 0 Å². The van der Waals surface area contributed by atoms with Crippen molar-refractivity contribution in [3.8, 4) is 0 Å². The lowest BCUT2D eigenvalue weighted by molar-refractivity contribution is 0.0507. The van der Waals surface area contributed by atoms with Crippen molar-refractivity contribution in [1.29, 1.82) is 0 Å². The average molecular weight is 534 g/mol. The molecule has 0 aromatic carbocycles. The first-order valence-electron chi connectivity index (χ1n) is 10.7. The summed E-state index contributed by atoms with van der Waals surface area (Å²) < 4.78 is 7.36. The molecular formula is C21H39IN6O2. The van der Waals surface area contributed by atoms with Crippen molar-refractivity contribution >= 4 is 36.0 Å². The van der Waals surface area contributed by atoms with Gasteiger partial charge in [-0.1, -0.05) is 13.8 Å². The molecule has 1 aromatic heterocycles. The Bertz CT molecular complexity index is 726. The number of hydrogen-bond donors (Lipinski definition) is 2. The minimum Gasteiger partial charge on any atom is -0.444 e. The van der Waals surface area contributed by atoms with Gasteiger partial charge in [0.05, 0.1) is 18.3 Å². The Labute approximate surface area is 198 Å². The minimum absolute atomic E-state index is 0. The van der Waals surface area contributed by atoms with Crippen molar-refractivity contribution < 1.29 is 9.53 Å². The lowest BCUT2D eigenvalue weighted by Gasteiger charge is -2.23. The number of aliphatic imine (C=N–C) groups is 1. The Hall–Kier alpha value is -1.52. The maximum absolute atomic E-state index is 12.1. The molecule has 2 heterocycles. The Morgan fingerprint density at radius 3 is 2.53 bits per heavy atom. The number of nitrogens with zero attached hydrogens (tertiary/aromatic N) is 4. The summed E-state index contributed by atoms with van der Waals surface area (Å²) in [6.07, 6.45) is 2.36. The first-order valence-corrected chi connectivity index (χ1v) is 10.7. The summed E-state index contributed by atoms with van der Waals surface area (Å²) >= 11 is 0. The number of halogens is 1. The number of hydrogen-bond acceptors (Lipinski definition) is 4. The summed E-state index contributed by atoms with van der Waals surface area (Å²) in [5.74, 6) is 0.883. The van der Waals surface area contributed by atoms with Crippen LogP contribution in [0.15, 0.2) is 4.99 Å². The van der Waals surface area contributed by atoms with Crippen LogP contribution in [0.25, 0.3) is 0 Å². The molecule has 1 aromatic rings. The van der Waals surface area contributed by atoms with E-state index in [9.17, 15) is 4.79 Å². The van der Waals surface area contributed by atoms with Gasteiger partial charge in [-0.15, -0.1) is 24.0 Å². The van der Waals surface area contributed by atoms with Gasteiger partial charge in [0.2, 0.25) is 0 Å². The highest BCUT2D eigenvalue weighted by atomic mass is 127. The summed E-state index contributed by atoms with van der Waals surface area (Å²) in [6, 6.07) is 0.0597. The van der Waals surface area contributed by atoms with Crippen molar-refractivity contribution in [2.45, 2.75) is 79.0 Å². The summed E-state index contributed by atoms with van der Waals surface area (Å²) in [5.41, 5.74) is 3.11. The fraction of sp³-hybridized carbons (Fsp3) is 0.762. The van der Waals surface area contributed by atoms with Crippen molar-refractivity contribution in [2.75, 3.05) is 19.6 Å². The van der Waals surface area contributed by atoms with E-state index in [2.05, 4.69) is 41.4 Å². The molecule has 1 atom stereocenters. The maximum Gasteiger partial charge on any atom is 0.407 e. The van der Waals surface area contributed by atoms with Crippen molar-refractivity contribution in [1.82, 2.24) is 25.3 Å². The quantitative estimate of drug-likeness (QED) is 0.333. The zero-order valence-corrected chi connectivity index (χ0v) is 21.9. The number of ether oxygens (including phenoxy) is 1. The molecule has 1 saturated heterocycles. The van der Waals surface area contributed by atoms with E-state index in [1.54, 1.807) is 0 Å². The van der Waals surface area contributed by atoms with Crippen LogP contribution >= 0.6 is 24.0 Å². The molecule has 30 heavy (non-hydrogen) atoms. The number of carbonyl (C=O) groups is 1. The highest BCUT2D eigenvalue weighted by Crippen LogP contribution is 2.18. The van der Waals surface area contributed by atoms with Crippen LogP contribution < -0.4 is 10.6 Å². The van der Waals surface area contributed by atoms with E-state index in [1.165, 1.54) is 11.3 Å². The number of carbonyl (C=O) groups excluding carboxylic acids is 1. The van der Waals surface area contributed by atoms with E-state index in [-0.39, 0.29) is 36.1 Å². The number of likely N-dealkylation sites (tertiary alicyclic amines) is 1. The number of guanidine groups is 1. The van der Waals surface area contributed by atoms with Gasteiger partial charge in [0, 0.05) is 37.9 Å². The summed E-state index contributed by atoms with van der Waals surface area (Å²) in [7, 11) is 2.00. The average Bonchev–Trinajstić information content (AvgIpc) is 3.20. The summed E-state index contributed by atoms with van der Waals surface area (Å²) in [5, 5.41) is 11.0. The molecule has 0 spiro atoms. The Morgan fingerprint density at radius 2 is 1.97 bits per heavy atom. The normalized spacial score (nSPS) is 17.0. The van der Waals surface area contributed by atoms with Crippen LogP contribution in [0.5, 0.6) is 0 Å². The minimum atomic E-state index is -0.490. The Morgan fingerprint density at radius 1 is 1.27 bits per heavy atom. The smallest absolute Gasteiger partial charge is 0.407 e. The second-order valence-electron chi connectivity index (χ2n) is 8.45. The number of aromatic nitrogens is 2. The number of alkyl carbamates (subject to hydrolysis) is 1. The molecule has 9 heteroatoms. The molecular weight excluding hydrogens is 495 g/mol. The molecule has 0 aliphatic carbocycles.